The lowest BCUT2D eigenvalue weighted by molar-refractivity contribution is 0.863. The molecule has 0 saturated carbocycles. The molecule has 0 radical (unpaired) electrons. The van der Waals surface area contributed by atoms with Crippen LogP contribution in [0.2, 0.25) is 5.02 Å². The van der Waals surface area contributed by atoms with Gasteiger partial charge in [0.2, 0.25) is 0 Å². The third-order valence-corrected chi connectivity index (χ3v) is 3.11. The molecule has 0 bridgehead atoms. The van der Waals surface area contributed by atoms with Crippen LogP contribution in [0.25, 0.3) is 10.9 Å². The zero-order valence-electron chi connectivity index (χ0n) is 8.78. The summed E-state index contributed by atoms with van der Waals surface area (Å²) in [5, 5.41) is 5.23. The number of nitrogens with zero attached hydrogens (tertiary/aromatic N) is 2. The first-order valence-corrected chi connectivity index (χ1v) is 5.73. The normalized spacial score (nSPS) is 15.2. The van der Waals surface area contributed by atoms with Gasteiger partial charge in [-0.25, -0.2) is 0 Å². The van der Waals surface area contributed by atoms with E-state index in [1.807, 2.05) is 12.1 Å². The van der Waals surface area contributed by atoms with Crippen LogP contribution in [0, 0.1) is 0 Å². The lowest BCUT2D eigenvalue weighted by Crippen LogP contribution is -2.23. The van der Waals surface area contributed by atoms with Gasteiger partial charge in [0.1, 0.15) is 5.84 Å². The largest absolute Gasteiger partial charge is 0.370 e. The average molecular weight is 234 g/mol. The molecule has 1 aliphatic rings. The van der Waals surface area contributed by atoms with Crippen LogP contribution in [0.5, 0.6) is 0 Å². The predicted molar refractivity (Wildman–Crippen MR) is 67.3 cm³/mol. The molecular weight excluding hydrogens is 222 g/mol. The van der Waals surface area contributed by atoms with Gasteiger partial charge in [-0.05, 0) is 12.1 Å². The lowest BCUT2D eigenvalue weighted by atomic mass is 10.2. The summed E-state index contributed by atoms with van der Waals surface area (Å²) in [6, 6.07) is 8.04. The molecule has 0 fully saturated rings. The molecule has 1 aromatic heterocycles. The molecule has 0 amide bonds. The third kappa shape index (κ3) is 1.57. The number of hydrogen-bond donors (Lipinski definition) is 1. The van der Waals surface area contributed by atoms with Crippen LogP contribution in [-0.4, -0.2) is 23.5 Å². The van der Waals surface area contributed by atoms with Crippen LogP contribution in [0.4, 0.5) is 0 Å². The van der Waals surface area contributed by atoms with Gasteiger partial charge in [-0.2, -0.15) is 0 Å². The number of rotatable bonds is 2. The van der Waals surface area contributed by atoms with E-state index in [-0.39, 0.29) is 0 Å². The minimum atomic E-state index is 0.771. The van der Waals surface area contributed by atoms with E-state index in [1.165, 1.54) is 5.39 Å². The molecule has 82 valence electrons. The van der Waals surface area contributed by atoms with Crippen molar-refractivity contribution in [3.8, 4) is 0 Å². The zero-order chi connectivity index (χ0) is 11.0. The molecular formula is C12H12ClN3. The van der Waals surface area contributed by atoms with E-state index in [9.17, 15) is 0 Å². The van der Waals surface area contributed by atoms with Crippen molar-refractivity contribution in [3.63, 3.8) is 0 Å². The van der Waals surface area contributed by atoms with Crippen LogP contribution in [0.1, 0.15) is 0 Å². The van der Waals surface area contributed by atoms with Crippen LogP contribution >= 0.6 is 11.6 Å². The number of benzene rings is 1. The summed E-state index contributed by atoms with van der Waals surface area (Å²) in [7, 11) is 0. The van der Waals surface area contributed by atoms with Crippen molar-refractivity contribution in [1.29, 1.82) is 0 Å². The summed E-state index contributed by atoms with van der Waals surface area (Å²) in [4.78, 5) is 4.39. The monoisotopic (exact) mass is 233 g/mol. The molecule has 0 unspecified atom stereocenters. The van der Waals surface area contributed by atoms with Gasteiger partial charge in [-0.15, -0.1) is 0 Å². The second kappa shape index (κ2) is 3.83. The van der Waals surface area contributed by atoms with Crippen LogP contribution in [0.15, 0.2) is 35.5 Å². The standard InChI is InChI=1S/C12H12ClN3/c13-10-3-1-2-9-4-7-16(12(9)10)8-11-14-5-6-15-11/h1-4,7H,5-6,8H2,(H,14,15). The molecule has 2 aromatic rings. The number of nitrogens with one attached hydrogen (secondary N) is 1. The third-order valence-electron chi connectivity index (χ3n) is 2.80. The van der Waals surface area contributed by atoms with Crippen LogP contribution in [-0.2, 0) is 6.54 Å². The summed E-state index contributed by atoms with van der Waals surface area (Å²) < 4.78 is 2.13. The number of halogens is 1. The Balaban J connectivity index is 2.03. The fourth-order valence-corrected chi connectivity index (χ4v) is 2.35. The Morgan fingerprint density at radius 1 is 1.38 bits per heavy atom. The first-order valence-electron chi connectivity index (χ1n) is 5.35. The van der Waals surface area contributed by atoms with E-state index in [0.717, 1.165) is 36.0 Å². The fourth-order valence-electron chi connectivity index (χ4n) is 2.06. The number of para-hydroxylation sites is 1. The summed E-state index contributed by atoms with van der Waals surface area (Å²) in [5.74, 6) is 1.04. The predicted octanol–water partition coefficient (Wildman–Crippen LogP) is 2.30. The quantitative estimate of drug-likeness (QED) is 0.848. The van der Waals surface area contributed by atoms with Gasteiger partial charge in [0.05, 0.1) is 23.6 Å². The van der Waals surface area contributed by atoms with Gasteiger partial charge in [0.25, 0.3) is 0 Å². The summed E-state index contributed by atoms with van der Waals surface area (Å²) in [5.41, 5.74) is 1.08. The van der Waals surface area contributed by atoms with Gasteiger partial charge in [0, 0.05) is 18.1 Å². The van der Waals surface area contributed by atoms with Crippen molar-refractivity contribution in [2.75, 3.05) is 13.1 Å². The van der Waals surface area contributed by atoms with Crippen molar-refractivity contribution < 1.29 is 0 Å². The van der Waals surface area contributed by atoms with Crippen molar-refractivity contribution in [2.45, 2.75) is 6.54 Å². The van der Waals surface area contributed by atoms with Crippen molar-refractivity contribution in [1.82, 2.24) is 9.88 Å². The highest BCUT2D eigenvalue weighted by molar-refractivity contribution is 6.35. The minimum Gasteiger partial charge on any atom is -0.370 e. The Morgan fingerprint density at radius 2 is 2.31 bits per heavy atom. The topological polar surface area (TPSA) is 29.3 Å². The van der Waals surface area contributed by atoms with E-state index >= 15 is 0 Å². The van der Waals surface area contributed by atoms with Gasteiger partial charge >= 0.3 is 0 Å². The molecule has 1 aliphatic heterocycles. The van der Waals surface area contributed by atoms with E-state index in [0.29, 0.717) is 0 Å². The molecule has 2 heterocycles. The van der Waals surface area contributed by atoms with Crippen LogP contribution < -0.4 is 5.32 Å². The maximum absolute atomic E-state index is 6.21. The first-order chi connectivity index (χ1) is 7.84. The maximum Gasteiger partial charge on any atom is 0.117 e. The highest BCUT2D eigenvalue weighted by Gasteiger charge is 2.09. The van der Waals surface area contributed by atoms with E-state index in [2.05, 4.69) is 33.2 Å². The summed E-state index contributed by atoms with van der Waals surface area (Å²) >= 11 is 6.21. The molecule has 0 aliphatic carbocycles. The number of hydrogen-bond acceptors (Lipinski definition) is 2. The van der Waals surface area contributed by atoms with E-state index < -0.39 is 0 Å². The lowest BCUT2D eigenvalue weighted by Gasteiger charge is -2.07. The summed E-state index contributed by atoms with van der Waals surface area (Å²) in [6.07, 6.45) is 2.05. The molecule has 16 heavy (non-hydrogen) atoms. The van der Waals surface area contributed by atoms with Gasteiger partial charge in [-0.3, -0.25) is 4.99 Å². The Labute approximate surface area is 98.7 Å². The molecule has 3 nitrogen and oxygen atoms in total. The molecule has 0 spiro atoms. The van der Waals surface area contributed by atoms with Gasteiger partial charge in [0.15, 0.2) is 0 Å². The fraction of sp³-hybridized carbons (Fsp3) is 0.250. The number of amidine groups is 1. The molecule has 4 heteroatoms. The number of aromatic nitrogens is 1. The maximum atomic E-state index is 6.21. The highest BCUT2D eigenvalue weighted by Crippen LogP contribution is 2.24. The van der Waals surface area contributed by atoms with E-state index in [1.54, 1.807) is 0 Å². The highest BCUT2D eigenvalue weighted by atomic mass is 35.5. The smallest absolute Gasteiger partial charge is 0.117 e. The van der Waals surface area contributed by atoms with Crippen molar-refractivity contribution in [2.24, 2.45) is 4.99 Å². The van der Waals surface area contributed by atoms with Crippen LogP contribution in [0.3, 0.4) is 0 Å². The Bertz CT molecular complexity index is 556. The van der Waals surface area contributed by atoms with Crippen molar-refractivity contribution in [3.05, 3.63) is 35.5 Å². The Hall–Kier alpha value is -1.48. The number of fused-ring (bicyclic) bond motifs is 1. The SMILES string of the molecule is Clc1cccc2ccn(CC3=NCCN3)c12. The average Bonchev–Trinajstić information content (AvgIpc) is 2.90. The molecule has 3 rings (SSSR count). The second-order valence-corrected chi connectivity index (χ2v) is 4.28. The molecule has 0 saturated heterocycles. The number of aliphatic imine (C=N–C) groups is 1. The van der Waals surface area contributed by atoms with Gasteiger partial charge < -0.3 is 9.88 Å². The van der Waals surface area contributed by atoms with Gasteiger partial charge in [-0.1, -0.05) is 23.7 Å². The Morgan fingerprint density at radius 3 is 3.12 bits per heavy atom. The summed E-state index contributed by atoms with van der Waals surface area (Å²) in [6.45, 7) is 2.60. The second-order valence-electron chi connectivity index (χ2n) is 3.88. The molecule has 0 atom stereocenters. The van der Waals surface area contributed by atoms with E-state index in [4.69, 9.17) is 11.6 Å². The molecule has 1 N–H and O–H groups in total. The van der Waals surface area contributed by atoms with Crippen molar-refractivity contribution >= 4 is 28.3 Å². The zero-order valence-corrected chi connectivity index (χ0v) is 9.54. The minimum absolute atomic E-state index is 0.771. The first kappa shape index (κ1) is 9.73. The Kier molecular flexibility index (Phi) is 2.33. The molecule has 1 aromatic carbocycles.